The van der Waals surface area contributed by atoms with Crippen molar-refractivity contribution < 1.29 is 18.6 Å². The highest BCUT2D eigenvalue weighted by Gasteiger charge is 2.38. The highest BCUT2D eigenvalue weighted by Crippen LogP contribution is 2.57. The van der Waals surface area contributed by atoms with Crippen molar-refractivity contribution in [3.05, 3.63) is 100 Å². The van der Waals surface area contributed by atoms with Gasteiger partial charge in [-0.15, -0.1) is 15.9 Å². The van der Waals surface area contributed by atoms with Crippen molar-refractivity contribution in [1.29, 1.82) is 0 Å². The fourth-order valence-corrected chi connectivity index (χ4v) is 8.68. The summed E-state index contributed by atoms with van der Waals surface area (Å²) in [5.74, 6) is -0.104. The summed E-state index contributed by atoms with van der Waals surface area (Å²) in [5, 5.41) is 12.8. The summed E-state index contributed by atoms with van der Waals surface area (Å²) >= 11 is 1.41. The second-order valence-electron chi connectivity index (χ2n) is 13.2. The summed E-state index contributed by atoms with van der Waals surface area (Å²) < 4.78 is 33.3. The molecule has 0 fully saturated rings. The first-order valence-electron chi connectivity index (χ1n) is 16.8. The molecule has 3 heterocycles. The Labute approximate surface area is 299 Å². The van der Waals surface area contributed by atoms with E-state index in [1.807, 2.05) is 57.7 Å². The van der Waals surface area contributed by atoms with Crippen LogP contribution in [-0.2, 0) is 13.1 Å². The van der Waals surface area contributed by atoms with Crippen LogP contribution < -0.4 is 10.1 Å². The number of carbonyl (C=O) groups excluding carboxylic acids is 1. The highest BCUT2D eigenvalue weighted by molar-refractivity contribution is 8.22. The summed E-state index contributed by atoms with van der Waals surface area (Å²) in [4.78, 5) is 22.7. The Morgan fingerprint density at radius 2 is 1.84 bits per heavy atom. The van der Waals surface area contributed by atoms with E-state index >= 15 is 0 Å². The summed E-state index contributed by atoms with van der Waals surface area (Å²) in [6.07, 6.45) is 5.49. The van der Waals surface area contributed by atoms with E-state index in [1.165, 1.54) is 11.8 Å². The number of benzene rings is 3. The Morgan fingerprint density at radius 1 is 1.10 bits per heavy atom. The van der Waals surface area contributed by atoms with Crippen LogP contribution in [-0.4, -0.2) is 68.7 Å². The maximum atomic E-state index is 13.7. The second kappa shape index (κ2) is 14.3. The third-order valence-corrected chi connectivity index (χ3v) is 12.0. The Hall–Kier alpha value is -4.01. The molecule has 0 radical (unpaired) electrons. The summed E-state index contributed by atoms with van der Waals surface area (Å²) in [5.41, 5.74) is 6.22. The molecule has 3 aromatic carbocycles. The van der Waals surface area contributed by atoms with Crippen LogP contribution in [0.15, 0.2) is 77.0 Å². The molecule has 11 nitrogen and oxygen atoms in total. The normalized spacial score (nSPS) is 17.4. The molecule has 0 bridgehead atoms. The van der Waals surface area contributed by atoms with Gasteiger partial charge in [0.1, 0.15) is 22.3 Å². The molecule has 1 aliphatic rings. The average Bonchev–Trinajstić information content (AvgIpc) is 3.49. The molecule has 0 aliphatic carbocycles. The van der Waals surface area contributed by atoms with Crippen LogP contribution in [0.25, 0.3) is 11.0 Å². The lowest BCUT2D eigenvalue weighted by molar-refractivity contribution is 0.0904. The lowest BCUT2D eigenvalue weighted by atomic mass is 9.74. The molecule has 50 heavy (non-hydrogen) atoms. The second-order valence-corrected chi connectivity index (χ2v) is 16.0. The summed E-state index contributed by atoms with van der Waals surface area (Å²) in [7, 11) is -3.35. The van der Waals surface area contributed by atoms with Gasteiger partial charge in [-0.2, -0.15) is 4.31 Å². The monoisotopic (exact) mass is 715 g/mol. The van der Waals surface area contributed by atoms with E-state index in [4.69, 9.17) is 4.74 Å². The number of aryl methyl sites for hydroxylation is 3. The lowest BCUT2D eigenvalue weighted by Gasteiger charge is -2.42. The number of para-hydroxylation sites is 1. The number of nitrogens with one attached hydrogen (secondary N) is 1. The Balaban J connectivity index is 1.43. The van der Waals surface area contributed by atoms with Crippen LogP contribution >= 0.6 is 22.5 Å². The molecule has 264 valence electrons. The Kier molecular flexibility index (Phi) is 10.2. The van der Waals surface area contributed by atoms with Gasteiger partial charge in [0.25, 0.3) is 5.91 Å². The van der Waals surface area contributed by atoms with E-state index in [2.05, 4.69) is 56.8 Å². The predicted octanol–water partition coefficient (Wildman–Crippen LogP) is 7.62. The summed E-state index contributed by atoms with van der Waals surface area (Å²) in [6, 6.07) is 17.6. The third-order valence-electron chi connectivity index (χ3n) is 9.54. The highest BCUT2D eigenvalue weighted by atomic mass is 32.3. The molecule has 3 N–H and O–H groups in total. The van der Waals surface area contributed by atoms with Crippen molar-refractivity contribution in [1.82, 2.24) is 34.6 Å². The first kappa shape index (κ1) is 35.8. The minimum Gasteiger partial charge on any atom is -0.487 e. The molecule has 1 unspecified atom stereocenters. The SMILES string of the molecule is CCC1CN(Cc2cc([C@@H](c3ccc4c(nnn4CC)c3C)C(C)(C)NC(=O)c3cnc(SC)nc3)ccc2C)S(O)(O)c2ccccc2O1. The van der Waals surface area contributed by atoms with Gasteiger partial charge in [-0.05, 0) is 93.3 Å². The zero-order chi connectivity index (χ0) is 35.8. The van der Waals surface area contributed by atoms with Gasteiger partial charge >= 0.3 is 0 Å². The minimum absolute atomic E-state index is 0.213. The van der Waals surface area contributed by atoms with Crippen molar-refractivity contribution in [3.63, 3.8) is 0 Å². The van der Waals surface area contributed by atoms with E-state index in [1.54, 1.807) is 34.9 Å². The van der Waals surface area contributed by atoms with E-state index in [0.717, 1.165) is 38.9 Å². The molecule has 5 aromatic rings. The van der Waals surface area contributed by atoms with Gasteiger partial charge in [-0.1, -0.05) is 60.3 Å². The van der Waals surface area contributed by atoms with E-state index in [0.29, 0.717) is 40.9 Å². The Morgan fingerprint density at radius 3 is 2.54 bits per heavy atom. The van der Waals surface area contributed by atoms with Crippen LogP contribution in [0.1, 0.15) is 78.2 Å². The predicted molar refractivity (Wildman–Crippen MR) is 199 cm³/mol. The number of nitrogens with zero attached hydrogens (tertiary/aromatic N) is 6. The van der Waals surface area contributed by atoms with Crippen LogP contribution in [0, 0.1) is 13.8 Å². The number of rotatable bonds is 10. The first-order chi connectivity index (χ1) is 23.9. The first-order valence-corrected chi connectivity index (χ1v) is 19.5. The fourth-order valence-electron chi connectivity index (χ4n) is 6.75. The van der Waals surface area contributed by atoms with E-state index in [-0.39, 0.29) is 24.5 Å². The maximum absolute atomic E-state index is 13.7. The van der Waals surface area contributed by atoms with Crippen molar-refractivity contribution in [3.8, 4) is 5.75 Å². The van der Waals surface area contributed by atoms with Crippen molar-refractivity contribution in [2.45, 2.75) is 88.7 Å². The fraction of sp³-hybridized carbons (Fsp3) is 0.378. The number of hydrogen-bond donors (Lipinski definition) is 3. The van der Waals surface area contributed by atoms with Crippen LogP contribution in [0.4, 0.5) is 0 Å². The Bertz CT molecular complexity index is 2020. The van der Waals surface area contributed by atoms with Gasteiger partial charge in [0, 0.05) is 36.9 Å². The lowest BCUT2D eigenvalue weighted by Crippen LogP contribution is -2.48. The number of fused-ring (bicyclic) bond motifs is 2. The molecule has 2 aromatic heterocycles. The largest absolute Gasteiger partial charge is 0.487 e. The number of ether oxygens (including phenoxy) is 1. The van der Waals surface area contributed by atoms with Crippen LogP contribution in [0.2, 0.25) is 0 Å². The van der Waals surface area contributed by atoms with Crippen molar-refractivity contribution in [2.24, 2.45) is 0 Å². The van der Waals surface area contributed by atoms with E-state index in [9.17, 15) is 13.9 Å². The molecule has 1 aliphatic heterocycles. The number of carbonyl (C=O) groups is 1. The summed E-state index contributed by atoms with van der Waals surface area (Å²) in [6.45, 7) is 13.5. The molecule has 2 atom stereocenters. The molecular weight excluding hydrogens is 671 g/mol. The molecule has 0 saturated heterocycles. The standard InChI is InChI=1S/C37H45N7O4S2/c1-8-28-22-43(50(46,47)32-13-11-10-12-31(32)48-28)21-26-18-25(15-14-23(26)3)33(29-16-17-30-34(24(29)4)41-42-44(30)9-2)37(5,6)40-35(45)27-19-38-36(49-7)39-20-27/h10-20,28,33,46-47H,8-9,21-22H2,1-7H3,(H,40,45)/t28?,33-/m0/s1. The molecule has 1 amide bonds. The van der Waals surface area contributed by atoms with E-state index < -0.39 is 16.3 Å². The number of amides is 1. The number of aromatic nitrogens is 5. The topological polar surface area (TPSA) is 139 Å². The minimum atomic E-state index is -3.35. The van der Waals surface area contributed by atoms with Crippen LogP contribution in [0.5, 0.6) is 5.75 Å². The molecule has 6 rings (SSSR count). The number of thioether (sulfide) groups is 1. The zero-order valence-electron chi connectivity index (χ0n) is 29.5. The van der Waals surface area contributed by atoms with Crippen LogP contribution in [0.3, 0.4) is 0 Å². The van der Waals surface area contributed by atoms with Gasteiger partial charge in [0.15, 0.2) is 5.16 Å². The van der Waals surface area contributed by atoms with Gasteiger partial charge in [0.2, 0.25) is 0 Å². The molecule has 0 saturated carbocycles. The van der Waals surface area contributed by atoms with Crippen molar-refractivity contribution >= 4 is 39.5 Å². The molecule has 0 spiro atoms. The maximum Gasteiger partial charge on any atom is 0.254 e. The molecular formula is C37H45N7O4S2. The van der Waals surface area contributed by atoms with Gasteiger partial charge in [-0.25, -0.2) is 14.6 Å². The smallest absolute Gasteiger partial charge is 0.254 e. The van der Waals surface area contributed by atoms with Crippen molar-refractivity contribution in [2.75, 3.05) is 12.8 Å². The zero-order valence-corrected chi connectivity index (χ0v) is 31.2. The third kappa shape index (κ3) is 6.84. The van der Waals surface area contributed by atoms with Gasteiger partial charge in [-0.3, -0.25) is 13.9 Å². The van der Waals surface area contributed by atoms with Gasteiger partial charge < -0.3 is 10.1 Å². The average molecular weight is 716 g/mol. The van der Waals surface area contributed by atoms with Gasteiger partial charge in [0.05, 0.1) is 17.6 Å². The molecule has 13 heteroatoms. The quantitative estimate of drug-likeness (QED) is 0.0978. The number of hydrogen-bond acceptors (Lipinski definition) is 10.